The van der Waals surface area contributed by atoms with Crippen molar-refractivity contribution >= 4 is 11.9 Å². The fraction of sp³-hybridized carbons (Fsp3) is 0.576. The predicted molar refractivity (Wildman–Crippen MR) is 164 cm³/mol. The molecule has 6 rings (SSSR count). The van der Waals surface area contributed by atoms with E-state index < -0.39 is 23.5 Å². The number of methoxy groups -OCH3 is 3. The highest BCUT2D eigenvalue weighted by Gasteiger charge is 2.51. The lowest BCUT2D eigenvalue weighted by atomic mass is 10.1. The van der Waals surface area contributed by atoms with Gasteiger partial charge < -0.3 is 33.2 Å². The number of hydrogen-bond donors (Lipinski definition) is 2. The van der Waals surface area contributed by atoms with Gasteiger partial charge >= 0.3 is 5.97 Å². The Labute approximate surface area is 269 Å². The lowest BCUT2D eigenvalue weighted by Crippen LogP contribution is -2.43. The lowest BCUT2D eigenvalue weighted by Gasteiger charge is -2.33. The molecule has 4 aliphatic heterocycles. The summed E-state index contributed by atoms with van der Waals surface area (Å²) >= 11 is 0. The Morgan fingerprint density at radius 3 is 1.54 bits per heavy atom. The van der Waals surface area contributed by atoms with Crippen LogP contribution in [-0.4, -0.2) is 111 Å². The Hall–Kier alpha value is -3.30. The summed E-state index contributed by atoms with van der Waals surface area (Å²) in [5, 5.41) is 9.01. The maximum absolute atomic E-state index is 12.1. The molecule has 0 radical (unpaired) electrons. The average molecular weight is 644 g/mol. The van der Waals surface area contributed by atoms with Crippen LogP contribution < -0.4 is 15.0 Å². The van der Waals surface area contributed by atoms with Gasteiger partial charge in [-0.2, -0.15) is 0 Å². The normalized spacial score (nSPS) is 23.8. The second kappa shape index (κ2) is 15.5. The van der Waals surface area contributed by atoms with Crippen molar-refractivity contribution in [1.82, 2.24) is 15.3 Å². The molecule has 252 valence electrons. The van der Waals surface area contributed by atoms with Gasteiger partial charge in [0.2, 0.25) is 0 Å². The van der Waals surface area contributed by atoms with Gasteiger partial charge in [-0.25, -0.2) is 5.48 Å². The number of carbonyl (C=O) groups is 2. The molecule has 4 fully saturated rings. The highest BCUT2D eigenvalue weighted by molar-refractivity contribution is 5.81. The molecule has 4 heterocycles. The number of hydrogen-bond acceptors (Lipinski definition) is 12. The molecule has 1 amide bonds. The Kier molecular flexibility index (Phi) is 11.5. The van der Waals surface area contributed by atoms with Crippen molar-refractivity contribution in [3.63, 3.8) is 0 Å². The molecule has 4 saturated heterocycles. The zero-order valence-electron chi connectivity index (χ0n) is 26.8. The summed E-state index contributed by atoms with van der Waals surface area (Å²) in [4.78, 5) is 28.2. The maximum atomic E-state index is 12.1. The molecule has 0 aliphatic carbocycles. The van der Waals surface area contributed by atoms with E-state index in [-0.39, 0.29) is 12.0 Å². The maximum Gasteiger partial charge on any atom is 0.323 e. The fourth-order valence-corrected chi connectivity index (χ4v) is 6.43. The van der Waals surface area contributed by atoms with Crippen LogP contribution in [0, 0.1) is 0 Å². The van der Waals surface area contributed by atoms with Crippen LogP contribution in [0.15, 0.2) is 48.5 Å². The topological polar surface area (TPSA) is 137 Å². The molecule has 2 atom stereocenters. The van der Waals surface area contributed by atoms with Crippen molar-refractivity contribution in [2.45, 2.75) is 62.4 Å². The Balaban J connectivity index is 0.000000181. The third-order valence-corrected chi connectivity index (χ3v) is 8.79. The molecule has 0 saturated carbocycles. The van der Waals surface area contributed by atoms with Crippen molar-refractivity contribution in [1.29, 1.82) is 0 Å². The van der Waals surface area contributed by atoms with Gasteiger partial charge in [0.25, 0.3) is 5.91 Å². The number of rotatable bonds is 8. The third kappa shape index (κ3) is 8.15. The van der Waals surface area contributed by atoms with E-state index in [1.165, 1.54) is 7.11 Å². The largest absolute Gasteiger partial charge is 0.497 e. The molecule has 13 nitrogen and oxygen atoms in total. The van der Waals surface area contributed by atoms with Gasteiger partial charge in [0.1, 0.15) is 17.5 Å². The summed E-state index contributed by atoms with van der Waals surface area (Å²) in [5.41, 5.74) is 3.91. The first-order valence-electron chi connectivity index (χ1n) is 15.6. The SMILES string of the molecule is COC(=O)[C@H]1CC2(CN1Cc1ccc(OC)cc1)OCCCO2.COc1ccc(CN2CC3(C[C@@H]2C(=O)NO)OCCCO3)cc1. The molecule has 2 aromatic carbocycles. The van der Waals surface area contributed by atoms with Crippen LogP contribution in [-0.2, 0) is 46.4 Å². The minimum absolute atomic E-state index is 0.242. The number of esters is 1. The number of carbonyl (C=O) groups excluding carboxylic acids is 2. The number of benzene rings is 2. The fourth-order valence-electron chi connectivity index (χ4n) is 6.43. The summed E-state index contributed by atoms with van der Waals surface area (Å²) in [6.45, 7) is 4.87. The van der Waals surface area contributed by atoms with E-state index in [0.717, 1.165) is 35.5 Å². The van der Waals surface area contributed by atoms with Crippen molar-refractivity contribution < 1.29 is 48.0 Å². The minimum Gasteiger partial charge on any atom is -0.497 e. The number of ether oxygens (including phenoxy) is 7. The zero-order chi connectivity index (χ0) is 32.6. The van der Waals surface area contributed by atoms with E-state index >= 15 is 0 Å². The molecule has 2 N–H and O–H groups in total. The molecule has 0 bridgehead atoms. The van der Waals surface area contributed by atoms with E-state index in [0.29, 0.717) is 65.4 Å². The highest BCUT2D eigenvalue weighted by atomic mass is 16.7. The standard InChI is InChI=1S/C17H23NO5.C16H22N2O5/c1-20-14-6-4-13(5-7-14)11-18-12-17(22-8-3-9-23-17)10-15(18)16(19)21-2;1-21-13-5-3-12(4-6-13)10-18-11-16(22-7-2-8-23-16)9-14(18)15(19)17-20/h4-7,15H,3,8-12H2,1-2H3;3-6,14,20H,2,7-11H2,1H3,(H,17,19)/t15-;14-/m11/s1. The van der Waals surface area contributed by atoms with Crippen LogP contribution in [0.3, 0.4) is 0 Å². The smallest absolute Gasteiger partial charge is 0.323 e. The third-order valence-electron chi connectivity index (χ3n) is 8.79. The van der Waals surface area contributed by atoms with Crippen LogP contribution >= 0.6 is 0 Å². The van der Waals surface area contributed by atoms with E-state index in [9.17, 15) is 9.59 Å². The number of hydroxylamine groups is 1. The number of nitrogens with zero attached hydrogens (tertiary/aromatic N) is 2. The lowest BCUT2D eigenvalue weighted by molar-refractivity contribution is -0.258. The minimum atomic E-state index is -0.748. The summed E-state index contributed by atoms with van der Waals surface area (Å²) in [6, 6.07) is 14.7. The number of amides is 1. The molecule has 0 aromatic heterocycles. The quantitative estimate of drug-likeness (QED) is 0.248. The van der Waals surface area contributed by atoms with Gasteiger partial charge in [-0.15, -0.1) is 0 Å². The second-order valence-electron chi connectivity index (χ2n) is 11.9. The first kappa shape index (κ1) is 34.0. The van der Waals surface area contributed by atoms with Gasteiger partial charge in [0, 0.05) is 25.9 Å². The Bertz CT molecular complexity index is 1180. The molecule has 2 aromatic rings. The van der Waals surface area contributed by atoms with Crippen molar-refractivity contribution in [3.8, 4) is 11.5 Å². The highest BCUT2D eigenvalue weighted by Crippen LogP contribution is 2.37. The average Bonchev–Trinajstić information content (AvgIpc) is 3.62. The first-order valence-corrected chi connectivity index (χ1v) is 15.6. The van der Waals surface area contributed by atoms with Crippen molar-refractivity contribution in [2.24, 2.45) is 0 Å². The van der Waals surface area contributed by atoms with Gasteiger partial charge in [-0.1, -0.05) is 24.3 Å². The molecular formula is C33H45N3O10. The first-order chi connectivity index (χ1) is 22.3. The van der Waals surface area contributed by atoms with Crippen LogP contribution in [0.1, 0.15) is 36.8 Å². The zero-order valence-corrected chi connectivity index (χ0v) is 26.8. The van der Waals surface area contributed by atoms with E-state index in [2.05, 4.69) is 4.90 Å². The predicted octanol–water partition coefficient (Wildman–Crippen LogP) is 2.48. The van der Waals surface area contributed by atoms with E-state index in [4.69, 9.17) is 38.4 Å². The van der Waals surface area contributed by atoms with Crippen LogP contribution in [0.5, 0.6) is 11.5 Å². The summed E-state index contributed by atoms with van der Waals surface area (Å²) in [5.74, 6) is -0.502. The van der Waals surface area contributed by atoms with Crippen LogP contribution in [0.25, 0.3) is 0 Å². The summed E-state index contributed by atoms with van der Waals surface area (Å²) < 4.78 is 38.6. The molecule has 2 spiro atoms. The van der Waals surface area contributed by atoms with Crippen LogP contribution in [0.2, 0.25) is 0 Å². The molecule has 4 aliphatic rings. The number of nitrogens with one attached hydrogen (secondary N) is 1. The van der Waals surface area contributed by atoms with Gasteiger partial charge in [0.05, 0.1) is 66.9 Å². The number of likely N-dealkylation sites (tertiary alicyclic amines) is 2. The summed E-state index contributed by atoms with van der Waals surface area (Å²) in [6.07, 6.45) is 2.67. The van der Waals surface area contributed by atoms with Crippen molar-refractivity contribution in [3.05, 3.63) is 59.7 Å². The molecule has 13 heteroatoms. The van der Waals surface area contributed by atoms with Crippen molar-refractivity contribution in [2.75, 3.05) is 60.8 Å². The molecular weight excluding hydrogens is 598 g/mol. The van der Waals surface area contributed by atoms with Crippen LogP contribution in [0.4, 0.5) is 0 Å². The summed E-state index contributed by atoms with van der Waals surface area (Å²) in [7, 11) is 4.68. The van der Waals surface area contributed by atoms with E-state index in [1.54, 1.807) is 19.7 Å². The van der Waals surface area contributed by atoms with Gasteiger partial charge in [-0.05, 0) is 48.2 Å². The Morgan fingerprint density at radius 1 is 0.739 bits per heavy atom. The monoisotopic (exact) mass is 643 g/mol. The molecule has 46 heavy (non-hydrogen) atoms. The molecule has 0 unspecified atom stereocenters. The van der Waals surface area contributed by atoms with E-state index in [1.807, 2.05) is 53.4 Å². The Morgan fingerprint density at radius 2 is 1.15 bits per heavy atom. The van der Waals surface area contributed by atoms with Gasteiger partial charge in [0.15, 0.2) is 11.6 Å². The van der Waals surface area contributed by atoms with Gasteiger partial charge in [-0.3, -0.25) is 24.6 Å². The second-order valence-corrected chi connectivity index (χ2v) is 11.9.